The number of carbonyl (C=O) groups is 1. The lowest BCUT2D eigenvalue weighted by Gasteiger charge is -2.28. The van der Waals surface area contributed by atoms with Crippen molar-refractivity contribution in [3.8, 4) is 17.0 Å². The van der Waals surface area contributed by atoms with Gasteiger partial charge in [0.15, 0.2) is 5.75 Å². The summed E-state index contributed by atoms with van der Waals surface area (Å²) >= 11 is 0. The Morgan fingerprint density at radius 2 is 2.13 bits per heavy atom. The number of rotatable bonds is 4. The van der Waals surface area contributed by atoms with Gasteiger partial charge in [0.1, 0.15) is 23.7 Å². The molecular formula is C21H28N6O3. The van der Waals surface area contributed by atoms with Crippen LogP contribution in [0.15, 0.2) is 30.6 Å². The molecule has 2 N–H and O–H groups in total. The van der Waals surface area contributed by atoms with E-state index in [-0.39, 0.29) is 12.1 Å². The number of hydrogen-bond donors (Lipinski definition) is 1. The molecule has 1 aliphatic rings. The number of nitrogens with two attached hydrogens (primary N) is 1. The summed E-state index contributed by atoms with van der Waals surface area (Å²) < 4.78 is 15.2. The average molecular weight is 412 g/mol. The number of nitrogen functional groups attached to an aromatic ring is 1. The molecule has 9 heteroatoms. The fourth-order valence-corrected chi connectivity index (χ4v) is 3.77. The monoisotopic (exact) mass is 412 g/mol. The van der Waals surface area contributed by atoms with E-state index < -0.39 is 5.60 Å². The minimum Gasteiger partial charge on any atom is -0.487 e. The zero-order valence-electron chi connectivity index (χ0n) is 17.8. The Morgan fingerprint density at radius 1 is 1.33 bits per heavy atom. The van der Waals surface area contributed by atoms with Crippen LogP contribution >= 0.6 is 0 Å². The van der Waals surface area contributed by atoms with Crippen molar-refractivity contribution in [1.82, 2.24) is 24.3 Å². The van der Waals surface area contributed by atoms with Gasteiger partial charge in [-0.1, -0.05) is 0 Å². The van der Waals surface area contributed by atoms with Gasteiger partial charge >= 0.3 is 6.09 Å². The smallest absolute Gasteiger partial charge is 0.410 e. The zero-order valence-corrected chi connectivity index (χ0v) is 17.8. The van der Waals surface area contributed by atoms with Crippen LogP contribution in [-0.2, 0) is 11.8 Å². The van der Waals surface area contributed by atoms with Gasteiger partial charge in [-0.15, -0.1) is 0 Å². The van der Waals surface area contributed by atoms with Gasteiger partial charge in [0.05, 0.1) is 17.8 Å². The number of anilines is 1. The third-order valence-corrected chi connectivity index (χ3v) is 5.10. The summed E-state index contributed by atoms with van der Waals surface area (Å²) in [6, 6.07) is 5.74. The van der Waals surface area contributed by atoms with Crippen LogP contribution in [0.1, 0.15) is 33.6 Å². The van der Waals surface area contributed by atoms with Gasteiger partial charge in [-0.05, 0) is 45.7 Å². The lowest BCUT2D eigenvalue weighted by Crippen LogP contribution is -2.42. The highest BCUT2D eigenvalue weighted by Crippen LogP contribution is 2.31. The van der Waals surface area contributed by atoms with Crippen LogP contribution in [0.4, 0.5) is 10.6 Å². The second-order valence-electron chi connectivity index (χ2n) is 8.62. The molecule has 0 radical (unpaired) electrons. The van der Waals surface area contributed by atoms with E-state index in [9.17, 15) is 4.79 Å². The summed E-state index contributed by atoms with van der Waals surface area (Å²) in [5.41, 5.74) is 7.98. The number of nitrogens with zero attached hydrogens (tertiary/aromatic N) is 5. The molecule has 1 unspecified atom stereocenters. The third-order valence-electron chi connectivity index (χ3n) is 5.10. The molecule has 9 nitrogen and oxygen atoms in total. The molecule has 0 bridgehead atoms. The van der Waals surface area contributed by atoms with Crippen molar-refractivity contribution in [3.05, 3.63) is 30.6 Å². The molecule has 3 aromatic heterocycles. The van der Waals surface area contributed by atoms with E-state index in [1.807, 2.05) is 52.2 Å². The summed E-state index contributed by atoms with van der Waals surface area (Å²) in [5, 5.41) is 8.58. The predicted molar refractivity (Wildman–Crippen MR) is 113 cm³/mol. The topological polar surface area (TPSA) is 99.9 Å². The van der Waals surface area contributed by atoms with Crippen LogP contribution in [-0.4, -0.2) is 55.2 Å². The Bertz CT molecular complexity index is 1060. The van der Waals surface area contributed by atoms with Crippen molar-refractivity contribution in [3.63, 3.8) is 0 Å². The molecule has 0 aliphatic carbocycles. The molecule has 0 aromatic carbocycles. The normalized spacial score (nSPS) is 16.9. The number of ether oxygens (including phenoxy) is 2. The molecule has 1 atom stereocenters. The number of pyridine rings is 1. The Morgan fingerprint density at radius 3 is 2.90 bits per heavy atom. The van der Waals surface area contributed by atoms with Crippen LogP contribution in [0.5, 0.6) is 5.75 Å². The first kappa shape index (κ1) is 20.1. The molecule has 1 fully saturated rings. The largest absolute Gasteiger partial charge is 0.487 e. The maximum absolute atomic E-state index is 12.5. The summed E-state index contributed by atoms with van der Waals surface area (Å²) in [5.74, 6) is 1.14. The fraction of sp³-hybridized carbons (Fsp3) is 0.476. The Kier molecular flexibility index (Phi) is 5.05. The maximum atomic E-state index is 12.5. The van der Waals surface area contributed by atoms with E-state index in [4.69, 9.17) is 15.2 Å². The van der Waals surface area contributed by atoms with Crippen molar-refractivity contribution in [2.24, 2.45) is 7.05 Å². The lowest BCUT2D eigenvalue weighted by molar-refractivity contribution is 0.0187. The number of carbonyl (C=O) groups excluding carboxylic acids is 1. The van der Waals surface area contributed by atoms with Crippen molar-refractivity contribution < 1.29 is 14.3 Å². The third kappa shape index (κ3) is 4.05. The van der Waals surface area contributed by atoms with E-state index in [2.05, 4.69) is 10.2 Å². The Balaban J connectivity index is 1.51. The highest BCUT2D eigenvalue weighted by molar-refractivity contribution is 5.72. The van der Waals surface area contributed by atoms with Crippen molar-refractivity contribution in [2.45, 2.75) is 45.3 Å². The average Bonchev–Trinajstić information content (AvgIpc) is 3.35. The zero-order chi connectivity index (χ0) is 21.5. The molecule has 4 heterocycles. The van der Waals surface area contributed by atoms with Crippen LogP contribution < -0.4 is 10.5 Å². The summed E-state index contributed by atoms with van der Waals surface area (Å²) in [4.78, 5) is 14.3. The molecular weight excluding hydrogens is 384 g/mol. The molecule has 30 heavy (non-hydrogen) atoms. The first-order valence-corrected chi connectivity index (χ1v) is 10.1. The van der Waals surface area contributed by atoms with Gasteiger partial charge in [0, 0.05) is 31.4 Å². The molecule has 4 rings (SSSR count). The minimum atomic E-state index is -0.517. The van der Waals surface area contributed by atoms with Crippen LogP contribution in [0.2, 0.25) is 0 Å². The van der Waals surface area contributed by atoms with E-state index in [1.165, 1.54) is 0 Å². The van der Waals surface area contributed by atoms with Crippen molar-refractivity contribution in [2.75, 3.05) is 18.9 Å². The first-order chi connectivity index (χ1) is 14.2. The van der Waals surface area contributed by atoms with Gasteiger partial charge < -0.3 is 20.1 Å². The van der Waals surface area contributed by atoms with Crippen molar-refractivity contribution in [1.29, 1.82) is 0 Å². The van der Waals surface area contributed by atoms with Crippen LogP contribution in [0.3, 0.4) is 0 Å². The summed E-state index contributed by atoms with van der Waals surface area (Å²) in [6.07, 6.45) is 5.10. The number of aromatic nitrogens is 4. The number of amides is 1. The highest BCUT2D eigenvalue weighted by atomic mass is 16.6. The van der Waals surface area contributed by atoms with Crippen molar-refractivity contribution >= 4 is 17.4 Å². The lowest BCUT2D eigenvalue weighted by atomic mass is 10.1. The van der Waals surface area contributed by atoms with Gasteiger partial charge in [0.25, 0.3) is 0 Å². The van der Waals surface area contributed by atoms with E-state index in [0.29, 0.717) is 24.7 Å². The molecule has 1 saturated heterocycles. The van der Waals surface area contributed by atoms with Gasteiger partial charge in [-0.25, -0.2) is 9.31 Å². The second kappa shape index (κ2) is 7.55. The first-order valence-electron chi connectivity index (χ1n) is 10.1. The number of likely N-dealkylation sites (tertiary alicyclic amines) is 1. The van der Waals surface area contributed by atoms with E-state index in [0.717, 1.165) is 29.6 Å². The quantitative estimate of drug-likeness (QED) is 0.707. The van der Waals surface area contributed by atoms with E-state index >= 15 is 0 Å². The standard InChI is InChI=1S/C21H28N6O3/c1-21(2,3)30-20(28)26-8-5-6-15(26)13-29-17-12-23-25(4)19(17)14-7-9-27-16(10-14)11-18(22)24-27/h7,9-12,15H,5-6,8,13H2,1-4H3,(H2,22,24). The fourth-order valence-electron chi connectivity index (χ4n) is 3.77. The summed E-state index contributed by atoms with van der Waals surface area (Å²) in [7, 11) is 1.87. The molecule has 1 aliphatic heterocycles. The molecule has 1 amide bonds. The van der Waals surface area contributed by atoms with Crippen LogP contribution in [0.25, 0.3) is 16.8 Å². The number of aryl methyl sites for hydroxylation is 1. The van der Waals surface area contributed by atoms with E-state index in [1.54, 1.807) is 20.3 Å². The van der Waals surface area contributed by atoms with Gasteiger partial charge in [-0.3, -0.25) is 4.68 Å². The Labute approximate surface area is 175 Å². The highest BCUT2D eigenvalue weighted by Gasteiger charge is 2.33. The predicted octanol–water partition coefficient (Wildman–Crippen LogP) is 3.10. The Hall–Kier alpha value is -3.23. The van der Waals surface area contributed by atoms with Gasteiger partial charge in [-0.2, -0.15) is 10.2 Å². The number of fused-ring (bicyclic) bond motifs is 1. The molecule has 160 valence electrons. The SMILES string of the molecule is Cn1ncc(OCC2CCCN2C(=O)OC(C)(C)C)c1-c1ccn2nc(N)cc2c1. The second-order valence-corrected chi connectivity index (χ2v) is 8.62. The van der Waals surface area contributed by atoms with Crippen LogP contribution in [0, 0.1) is 0 Å². The molecule has 0 saturated carbocycles. The number of hydrogen-bond acceptors (Lipinski definition) is 6. The molecule has 3 aromatic rings. The maximum Gasteiger partial charge on any atom is 0.410 e. The summed E-state index contributed by atoms with van der Waals surface area (Å²) in [6.45, 7) is 6.69. The molecule has 0 spiro atoms. The minimum absolute atomic E-state index is 0.0231. The van der Waals surface area contributed by atoms with Gasteiger partial charge in [0.2, 0.25) is 0 Å².